The fourth-order valence-electron chi connectivity index (χ4n) is 3.06. The summed E-state index contributed by atoms with van der Waals surface area (Å²) in [6, 6.07) is 7.32. The van der Waals surface area contributed by atoms with Crippen LogP contribution in [0, 0.1) is 6.92 Å². The minimum Gasteiger partial charge on any atom is -0.493 e. The zero-order chi connectivity index (χ0) is 15.3. The van der Waals surface area contributed by atoms with E-state index in [1.165, 1.54) is 36.8 Å². The third-order valence-corrected chi connectivity index (χ3v) is 4.31. The maximum absolute atomic E-state index is 6.07. The topological polar surface area (TPSA) is 21.3 Å². The van der Waals surface area contributed by atoms with Gasteiger partial charge in [0.05, 0.1) is 6.61 Å². The Bertz CT molecular complexity index is 441. The number of aryl methyl sites for hydroxylation is 1. The summed E-state index contributed by atoms with van der Waals surface area (Å²) >= 11 is 0. The van der Waals surface area contributed by atoms with Gasteiger partial charge in [-0.2, -0.15) is 0 Å². The highest BCUT2D eigenvalue weighted by atomic mass is 16.5. The first-order chi connectivity index (χ1) is 9.97. The predicted octanol–water partition coefficient (Wildman–Crippen LogP) is 4.59. The number of hydrogen-bond acceptors (Lipinski definition) is 2. The summed E-state index contributed by atoms with van der Waals surface area (Å²) in [5.74, 6) is 1.06. The van der Waals surface area contributed by atoms with Gasteiger partial charge in [-0.25, -0.2) is 0 Å². The Hall–Kier alpha value is -1.02. The van der Waals surface area contributed by atoms with Gasteiger partial charge in [0.1, 0.15) is 5.75 Å². The fourth-order valence-corrected chi connectivity index (χ4v) is 3.06. The van der Waals surface area contributed by atoms with Crippen LogP contribution in [0.4, 0.5) is 0 Å². The Morgan fingerprint density at radius 3 is 2.57 bits per heavy atom. The van der Waals surface area contributed by atoms with E-state index >= 15 is 0 Å². The number of nitrogens with one attached hydrogen (secondary N) is 1. The number of ether oxygens (including phenoxy) is 1. The summed E-state index contributed by atoms with van der Waals surface area (Å²) < 4.78 is 6.07. The van der Waals surface area contributed by atoms with Crippen molar-refractivity contribution in [1.82, 2.24) is 5.32 Å². The second kappa shape index (κ2) is 7.31. The van der Waals surface area contributed by atoms with Crippen molar-refractivity contribution in [1.29, 1.82) is 0 Å². The maximum atomic E-state index is 6.07. The summed E-state index contributed by atoms with van der Waals surface area (Å²) in [4.78, 5) is 0. The molecule has 2 nitrogen and oxygen atoms in total. The molecule has 2 rings (SSSR count). The van der Waals surface area contributed by atoms with E-state index in [1.54, 1.807) is 0 Å². The van der Waals surface area contributed by atoms with Gasteiger partial charge in [-0.1, -0.05) is 45.7 Å². The van der Waals surface area contributed by atoms with Crippen LogP contribution in [0.15, 0.2) is 18.2 Å². The van der Waals surface area contributed by atoms with Crippen LogP contribution in [-0.2, 0) is 5.41 Å². The Morgan fingerprint density at radius 1 is 1.19 bits per heavy atom. The first kappa shape index (κ1) is 16.4. The minimum atomic E-state index is 0.130. The molecule has 0 amide bonds. The van der Waals surface area contributed by atoms with Crippen molar-refractivity contribution >= 4 is 0 Å². The van der Waals surface area contributed by atoms with E-state index in [1.807, 2.05) is 0 Å². The average molecular weight is 289 g/mol. The molecule has 1 saturated carbocycles. The summed E-state index contributed by atoms with van der Waals surface area (Å²) in [6.07, 6.45) is 6.58. The molecule has 1 N–H and O–H groups in total. The van der Waals surface area contributed by atoms with Gasteiger partial charge in [0.25, 0.3) is 0 Å². The van der Waals surface area contributed by atoms with E-state index in [0.29, 0.717) is 0 Å². The average Bonchev–Trinajstić information content (AvgIpc) is 2.90. The Morgan fingerprint density at radius 2 is 1.90 bits per heavy atom. The van der Waals surface area contributed by atoms with Crippen molar-refractivity contribution < 1.29 is 4.74 Å². The third kappa shape index (κ3) is 5.03. The summed E-state index contributed by atoms with van der Waals surface area (Å²) in [5, 5.41) is 3.64. The summed E-state index contributed by atoms with van der Waals surface area (Å²) in [7, 11) is 0. The second-order valence-corrected chi connectivity index (χ2v) is 7.39. The van der Waals surface area contributed by atoms with Gasteiger partial charge in [0, 0.05) is 6.04 Å². The van der Waals surface area contributed by atoms with E-state index < -0.39 is 0 Å². The van der Waals surface area contributed by atoms with Crippen LogP contribution >= 0.6 is 0 Å². The first-order valence-corrected chi connectivity index (χ1v) is 8.44. The zero-order valence-corrected chi connectivity index (χ0v) is 14.2. The van der Waals surface area contributed by atoms with Crippen molar-refractivity contribution in [3.05, 3.63) is 29.3 Å². The smallest absolute Gasteiger partial charge is 0.123 e. The zero-order valence-electron chi connectivity index (χ0n) is 14.2. The van der Waals surface area contributed by atoms with E-state index in [9.17, 15) is 0 Å². The van der Waals surface area contributed by atoms with Crippen LogP contribution in [0.3, 0.4) is 0 Å². The van der Waals surface area contributed by atoms with Gasteiger partial charge in [0.2, 0.25) is 0 Å². The second-order valence-electron chi connectivity index (χ2n) is 7.39. The summed E-state index contributed by atoms with van der Waals surface area (Å²) in [6.45, 7) is 10.7. The van der Waals surface area contributed by atoms with Crippen molar-refractivity contribution in [2.24, 2.45) is 0 Å². The molecule has 0 aromatic heterocycles. The predicted molar refractivity (Wildman–Crippen MR) is 90.2 cm³/mol. The molecule has 0 heterocycles. The number of benzene rings is 1. The molecular weight excluding hydrogens is 258 g/mol. The van der Waals surface area contributed by atoms with Crippen LogP contribution < -0.4 is 10.1 Å². The lowest BCUT2D eigenvalue weighted by Gasteiger charge is -2.23. The van der Waals surface area contributed by atoms with Gasteiger partial charge < -0.3 is 10.1 Å². The standard InChI is InChI=1S/C19H31NO/c1-15-10-11-17(19(2,3)4)18(14-15)21-13-7-12-20-16-8-5-6-9-16/h10-11,14,16,20H,5-9,12-13H2,1-4H3. The van der Waals surface area contributed by atoms with Crippen LogP contribution in [0.5, 0.6) is 5.75 Å². The monoisotopic (exact) mass is 289 g/mol. The molecule has 0 bridgehead atoms. The molecule has 1 aliphatic carbocycles. The van der Waals surface area contributed by atoms with Crippen molar-refractivity contribution in [3.8, 4) is 5.75 Å². The van der Waals surface area contributed by atoms with Gasteiger partial charge in [-0.3, -0.25) is 0 Å². The highest BCUT2D eigenvalue weighted by molar-refractivity contribution is 5.41. The minimum absolute atomic E-state index is 0.130. The van der Waals surface area contributed by atoms with Crippen molar-refractivity contribution in [2.45, 2.75) is 71.3 Å². The van der Waals surface area contributed by atoms with Gasteiger partial charge >= 0.3 is 0 Å². The maximum Gasteiger partial charge on any atom is 0.123 e. The molecule has 0 unspecified atom stereocenters. The third-order valence-electron chi connectivity index (χ3n) is 4.31. The quantitative estimate of drug-likeness (QED) is 0.773. The molecular formula is C19H31NO. The molecule has 0 saturated heterocycles. The van der Waals surface area contributed by atoms with E-state index in [-0.39, 0.29) is 5.41 Å². The highest BCUT2D eigenvalue weighted by Crippen LogP contribution is 2.32. The first-order valence-electron chi connectivity index (χ1n) is 8.44. The SMILES string of the molecule is Cc1ccc(C(C)(C)C)c(OCCCNC2CCCC2)c1. The van der Waals surface area contributed by atoms with Gasteiger partial charge in [-0.05, 0) is 55.3 Å². The molecule has 1 fully saturated rings. The Kier molecular flexibility index (Phi) is 5.69. The highest BCUT2D eigenvalue weighted by Gasteiger charge is 2.19. The van der Waals surface area contributed by atoms with Gasteiger partial charge in [-0.15, -0.1) is 0 Å². The van der Waals surface area contributed by atoms with Gasteiger partial charge in [0.15, 0.2) is 0 Å². The Balaban J connectivity index is 1.80. The lowest BCUT2D eigenvalue weighted by Crippen LogP contribution is -2.27. The molecule has 0 spiro atoms. The molecule has 0 aliphatic heterocycles. The number of hydrogen-bond donors (Lipinski definition) is 1. The fraction of sp³-hybridized carbons (Fsp3) is 0.684. The van der Waals surface area contributed by atoms with Crippen LogP contribution in [0.1, 0.15) is 64.0 Å². The number of rotatable bonds is 6. The summed E-state index contributed by atoms with van der Waals surface area (Å²) in [5.41, 5.74) is 2.70. The van der Waals surface area contributed by atoms with E-state index in [0.717, 1.165) is 31.4 Å². The lowest BCUT2D eigenvalue weighted by atomic mass is 9.86. The molecule has 0 atom stereocenters. The largest absolute Gasteiger partial charge is 0.493 e. The van der Waals surface area contributed by atoms with E-state index in [2.05, 4.69) is 51.2 Å². The lowest BCUT2D eigenvalue weighted by molar-refractivity contribution is 0.297. The van der Waals surface area contributed by atoms with Crippen LogP contribution in [0.2, 0.25) is 0 Å². The molecule has 1 aliphatic rings. The molecule has 21 heavy (non-hydrogen) atoms. The molecule has 2 heteroatoms. The molecule has 118 valence electrons. The van der Waals surface area contributed by atoms with E-state index in [4.69, 9.17) is 4.74 Å². The van der Waals surface area contributed by atoms with Crippen molar-refractivity contribution in [2.75, 3.05) is 13.2 Å². The van der Waals surface area contributed by atoms with Crippen LogP contribution in [0.25, 0.3) is 0 Å². The molecule has 1 aromatic rings. The van der Waals surface area contributed by atoms with Crippen LogP contribution in [-0.4, -0.2) is 19.2 Å². The van der Waals surface area contributed by atoms with Crippen molar-refractivity contribution in [3.63, 3.8) is 0 Å². The Labute approximate surface area is 130 Å². The molecule has 0 radical (unpaired) electrons. The normalized spacial score (nSPS) is 16.4. The molecule has 1 aromatic carbocycles.